The van der Waals surface area contributed by atoms with Crippen molar-refractivity contribution < 1.29 is 42.9 Å². The number of carbonyl (C=O) groups is 2. The monoisotopic (exact) mass is 676 g/mol. The summed E-state index contributed by atoms with van der Waals surface area (Å²) < 4.78 is 32.1. The Hall–Kier alpha value is -4.76. The van der Waals surface area contributed by atoms with Crippen LogP contribution in [0.4, 0.5) is 21.0 Å². The molecule has 0 spiro atoms. The van der Waals surface area contributed by atoms with E-state index in [1.807, 2.05) is 41.5 Å². The topological polar surface area (TPSA) is 191 Å². The lowest BCUT2D eigenvalue weighted by molar-refractivity contribution is -0.386. The number of hydrogen-bond acceptors (Lipinski definition) is 13. The second-order valence-corrected chi connectivity index (χ2v) is 13.2. The summed E-state index contributed by atoms with van der Waals surface area (Å²) in [6, 6.07) is 5.91. The van der Waals surface area contributed by atoms with Gasteiger partial charge in [-0.3, -0.25) is 10.1 Å². The molecule has 2 atom stereocenters. The van der Waals surface area contributed by atoms with Gasteiger partial charge in [0.15, 0.2) is 0 Å². The van der Waals surface area contributed by atoms with Gasteiger partial charge in [-0.1, -0.05) is 0 Å². The molecule has 2 amide bonds. The van der Waals surface area contributed by atoms with E-state index in [-0.39, 0.29) is 48.3 Å². The van der Waals surface area contributed by atoms with E-state index in [4.69, 9.17) is 34.2 Å². The van der Waals surface area contributed by atoms with Crippen molar-refractivity contribution in [3.05, 3.63) is 34.4 Å². The predicted octanol–water partition coefficient (Wildman–Crippen LogP) is 5.23. The molecule has 2 fully saturated rings. The second-order valence-electron chi connectivity index (χ2n) is 13.2. The molecule has 0 radical (unpaired) electrons. The maximum Gasteiger partial charge on any atom is 0.410 e. The van der Waals surface area contributed by atoms with Gasteiger partial charge in [0.25, 0.3) is 5.88 Å². The highest BCUT2D eigenvalue weighted by atomic mass is 16.6. The number of nitrogens with zero attached hydrogens (tertiary/aromatic N) is 5. The molecule has 0 aliphatic carbocycles. The van der Waals surface area contributed by atoms with E-state index in [9.17, 15) is 19.7 Å². The summed E-state index contributed by atoms with van der Waals surface area (Å²) >= 11 is 0. The Morgan fingerprint density at radius 3 is 1.67 bits per heavy atom. The summed E-state index contributed by atoms with van der Waals surface area (Å²) in [7, 11) is 2.81. The van der Waals surface area contributed by atoms with Crippen LogP contribution in [0.2, 0.25) is 0 Å². The molecule has 2 aromatic heterocycles. The average Bonchev–Trinajstić information content (AvgIpc) is 3.68. The number of nitrogen functional groups attached to an aromatic ring is 1. The van der Waals surface area contributed by atoms with E-state index in [0.717, 1.165) is 25.7 Å². The van der Waals surface area contributed by atoms with E-state index in [1.54, 1.807) is 21.9 Å². The Kier molecular flexibility index (Phi) is 12.9. The van der Waals surface area contributed by atoms with Gasteiger partial charge >= 0.3 is 17.9 Å². The number of pyridine rings is 2. The Balaban J connectivity index is 0.000000261. The predicted molar refractivity (Wildman–Crippen MR) is 176 cm³/mol. The van der Waals surface area contributed by atoms with Crippen LogP contribution in [0.3, 0.4) is 0 Å². The van der Waals surface area contributed by atoms with Crippen LogP contribution in [-0.2, 0) is 9.47 Å². The normalized spacial score (nSPS) is 17.6. The van der Waals surface area contributed by atoms with Crippen LogP contribution >= 0.6 is 0 Å². The SMILES string of the molecule is COc1nc(OC[C@@H]2CCCN2C(=O)OC(C)(C)C)ccc1N.COc1nc(OC[C@@H]2CCCN2C(=O)OC(C)(C)C)ccc1[N+](=O)[O-]. The highest BCUT2D eigenvalue weighted by Gasteiger charge is 2.34. The zero-order chi connectivity index (χ0) is 35.6. The van der Waals surface area contributed by atoms with Crippen LogP contribution in [0.25, 0.3) is 0 Å². The van der Waals surface area contributed by atoms with Crippen molar-refractivity contribution in [1.29, 1.82) is 0 Å². The van der Waals surface area contributed by atoms with Crippen molar-refractivity contribution in [2.45, 2.75) is 90.5 Å². The number of ether oxygens (including phenoxy) is 6. The van der Waals surface area contributed by atoms with Crippen molar-refractivity contribution in [2.24, 2.45) is 0 Å². The Morgan fingerprint density at radius 1 is 0.812 bits per heavy atom. The van der Waals surface area contributed by atoms with Crippen LogP contribution in [-0.4, -0.2) is 101 Å². The van der Waals surface area contributed by atoms with Gasteiger partial charge in [0.1, 0.15) is 24.4 Å². The first-order chi connectivity index (χ1) is 22.5. The molecule has 4 heterocycles. The number of nitrogens with two attached hydrogens (primary N) is 1. The fourth-order valence-corrected chi connectivity index (χ4v) is 4.97. The van der Waals surface area contributed by atoms with Gasteiger partial charge in [0.2, 0.25) is 17.6 Å². The molecule has 0 aromatic carbocycles. The van der Waals surface area contributed by atoms with Gasteiger partial charge in [-0.2, -0.15) is 9.97 Å². The van der Waals surface area contributed by atoms with Crippen molar-refractivity contribution in [3.63, 3.8) is 0 Å². The number of likely N-dealkylation sites (tertiary alicyclic amines) is 2. The van der Waals surface area contributed by atoms with Crippen molar-refractivity contribution >= 4 is 23.6 Å². The maximum atomic E-state index is 12.2. The Labute approximate surface area is 280 Å². The molecule has 4 rings (SSSR count). The number of methoxy groups -OCH3 is 2. The van der Waals surface area contributed by atoms with E-state index < -0.39 is 16.1 Å². The molecule has 2 aliphatic heterocycles. The first-order valence-corrected chi connectivity index (χ1v) is 15.8. The minimum absolute atomic E-state index is 0.0183. The number of carbonyl (C=O) groups excluding carboxylic acids is 2. The maximum absolute atomic E-state index is 12.2. The van der Waals surface area contributed by atoms with Crippen molar-refractivity contribution in [2.75, 3.05) is 46.3 Å². The van der Waals surface area contributed by atoms with Crippen LogP contribution in [0, 0.1) is 10.1 Å². The van der Waals surface area contributed by atoms with Crippen LogP contribution in [0.15, 0.2) is 24.3 Å². The van der Waals surface area contributed by atoms with E-state index in [1.165, 1.54) is 26.4 Å². The molecule has 0 unspecified atom stereocenters. The molecule has 2 aliphatic rings. The van der Waals surface area contributed by atoms with Gasteiger partial charge in [-0.25, -0.2) is 9.59 Å². The molecule has 2 aromatic rings. The van der Waals surface area contributed by atoms with E-state index >= 15 is 0 Å². The molecule has 48 heavy (non-hydrogen) atoms. The summed E-state index contributed by atoms with van der Waals surface area (Å²) in [4.78, 5) is 46.3. The number of anilines is 1. The number of amides is 2. The number of rotatable bonds is 9. The zero-order valence-electron chi connectivity index (χ0n) is 29.0. The standard InChI is InChI=1S/C16H23N3O6.C16H25N3O4/c1-16(2,3)25-15(20)18-9-5-6-11(18)10-24-13-8-7-12(19(21)22)14(17-13)23-4;1-16(2,3)23-15(20)19-9-5-6-11(19)10-22-13-8-7-12(17)14(18-13)21-4/h7-8,11H,5-6,9-10H2,1-4H3;7-8,11H,5-6,9-10,17H2,1-4H3/t2*11-/m00/s1. The third-order valence-corrected chi connectivity index (χ3v) is 7.12. The summed E-state index contributed by atoms with van der Waals surface area (Å²) in [6.45, 7) is 12.9. The lowest BCUT2D eigenvalue weighted by atomic mass is 10.2. The van der Waals surface area contributed by atoms with Gasteiger partial charge in [-0.15, -0.1) is 0 Å². The lowest BCUT2D eigenvalue weighted by Gasteiger charge is -2.28. The van der Waals surface area contributed by atoms with E-state index in [0.29, 0.717) is 37.1 Å². The molecule has 2 N–H and O–H groups in total. The average molecular weight is 677 g/mol. The minimum atomic E-state index is -0.573. The highest BCUT2D eigenvalue weighted by Crippen LogP contribution is 2.28. The molecule has 2 saturated heterocycles. The fraction of sp³-hybridized carbons (Fsp3) is 0.625. The fourth-order valence-electron chi connectivity index (χ4n) is 4.97. The Bertz CT molecular complexity index is 1410. The van der Waals surface area contributed by atoms with Crippen LogP contribution < -0.4 is 24.7 Å². The number of nitro groups is 1. The summed E-state index contributed by atoms with van der Waals surface area (Å²) in [5, 5.41) is 10.9. The largest absolute Gasteiger partial charge is 0.479 e. The molecule has 0 bridgehead atoms. The summed E-state index contributed by atoms with van der Waals surface area (Å²) in [5.41, 5.74) is 4.89. The van der Waals surface area contributed by atoms with Crippen LogP contribution in [0.5, 0.6) is 23.5 Å². The van der Waals surface area contributed by atoms with Gasteiger partial charge in [0, 0.05) is 31.3 Å². The molecule has 266 valence electrons. The highest BCUT2D eigenvalue weighted by molar-refractivity contribution is 5.69. The van der Waals surface area contributed by atoms with Gasteiger partial charge < -0.3 is 44.0 Å². The molecule has 0 saturated carbocycles. The molecule has 16 heteroatoms. The third-order valence-electron chi connectivity index (χ3n) is 7.12. The first-order valence-electron chi connectivity index (χ1n) is 15.8. The third kappa shape index (κ3) is 11.2. The van der Waals surface area contributed by atoms with Crippen LogP contribution in [0.1, 0.15) is 67.2 Å². The quantitative estimate of drug-likeness (QED) is 0.269. The molecule has 16 nitrogen and oxygen atoms in total. The number of hydrogen-bond donors (Lipinski definition) is 1. The first kappa shape index (κ1) is 37.7. The van der Waals surface area contributed by atoms with Gasteiger partial charge in [-0.05, 0) is 73.3 Å². The lowest BCUT2D eigenvalue weighted by Crippen LogP contribution is -2.42. The Morgan fingerprint density at radius 2 is 1.25 bits per heavy atom. The summed E-state index contributed by atoms with van der Waals surface area (Å²) in [5.74, 6) is 0.849. The second kappa shape index (κ2) is 16.4. The molecular weight excluding hydrogens is 628 g/mol. The number of aromatic nitrogens is 2. The minimum Gasteiger partial charge on any atom is -0.479 e. The van der Waals surface area contributed by atoms with Crippen molar-refractivity contribution in [1.82, 2.24) is 19.8 Å². The van der Waals surface area contributed by atoms with Gasteiger partial charge in [0.05, 0.1) is 36.9 Å². The summed E-state index contributed by atoms with van der Waals surface area (Å²) in [6.07, 6.45) is 2.81. The van der Waals surface area contributed by atoms with Crippen molar-refractivity contribution in [3.8, 4) is 23.5 Å². The van der Waals surface area contributed by atoms with E-state index in [2.05, 4.69) is 9.97 Å². The molecular formula is C32H48N6O10. The zero-order valence-corrected chi connectivity index (χ0v) is 29.0. The smallest absolute Gasteiger partial charge is 0.410 e.